The highest BCUT2D eigenvalue weighted by Gasteiger charge is 2.22. The van der Waals surface area contributed by atoms with Crippen LogP contribution in [0.1, 0.15) is 40.7 Å². The highest BCUT2D eigenvalue weighted by molar-refractivity contribution is 5.66. The summed E-state index contributed by atoms with van der Waals surface area (Å²) in [5.74, 6) is 0. The van der Waals surface area contributed by atoms with Crippen LogP contribution < -0.4 is 10.2 Å². The molecule has 0 saturated carbocycles. The van der Waals surface area contributed by atoms with Crippen molar-refractivity contribution in [2.75, 3.05) is 18.0 Å². The summed E-state index contributed by atoms with van der Waals surface area (Å²) >= 11 is 0. The van der Waals surface area contributed by atoms with Gasteiger partial charge in [0.25, 0.3) is 0 Å². The molecule has 1 aliphatic rings. The minimum absolute atomic E-state index is 0.556. The Bertz CT molecular complexity index is 995. The summed E-state index contributed by atoms with van der Waals surface area (Å²) in [5.41, 5.74) is 10.4. The number of pyridine rings is 1. The van der Waals surface area contributed by atoms with E-state index in [-0.39, 0.29) is 0 Å². The smallest absolute Gasteiger partial charge is 0.0448 e. The summed E-state index contributed by atoms with van der Waals surface area (Å²) in [6.07, 6.45) is 6.38. The molecule has 1 fully saturated rings. The summed E-state index contributed by atoms with van der Waals surface area (Å²) in [4.78, 5) is 7.20. The van der Waals surface area contributed by atoms with Crippen LogP contribution in [0.2, 0.25) is 0 Å². The molecule has 1 aliphatic heterocycles. The van der Waals surface area contributed by atoms with Crippen LogP contribution in [0.3, 0.4) is 0 Å². The summed E-state index contributed by atoms with van der Waals surface area (Å²) < 4.78 is 0. The Kier molecular flexibility index (Phi) is 6.19. The predicted molar refractivity (Wildman–Crippen MR) is 127 cm³/mol. The number of aromatic nitrogens is 1. The number of piperidine rings is 1. The van der Waals surface area contributed by atoms with Crippen LogP contribution >= 0.6 is 0 Å². The van der Waals surface area contributed by atoms with Gasteiger partial charge in [0.1, 0.15) is 0 Å². The number of hydrogen-bond donors (Lipinski definition) is 1. The molecule has 2 aromatic carbocycles. The largest absolute Gasteiger partial charge is 0.364 e. The Morgan fingerprint density at radius 1 is 0.900 bits per heavy atom. The van der Waals surface area contributed by atoms with E-state index in [1.165, 1.54) is 57.5 Å². The van der Waals surface area contributed by atoms with Crippen LogP contribution in [0.5, 0.6) is 0 Å². The van der Waals surface area contributed by atoms with Crippen molar-refractivity contribution in [2.45, 2.75) is 53.1 Å². The maximum Gasteiger partial charge on any atom is 0.0448 e. The monoisotopic (exact) mass is 399 g/mol. The van der Waals surface area contributed by atoms with Crippen molar-refractivity contribution in [2.24, 2.45) is 0 Å². The van der Waals surface area contributed by atoms with E-state index in [4.69, 9.17) is 0 Å². The molecule has 1 saturated heterocycles. The molecule has 0 unspecified atom stereocenters. The van der Waals surface area contributed by atoms with Gasteiger partial charge in [0.2, 0.25) is 0 Å². The van der Waals surface area contributed by atoms with Crippen LogP contribution in [-0.4, -0.2) is 24.1 Å². The zero-order chi connectivity index (χ0) is 21.1. The third-order valence-corrected chi connectivity index (χ3v) is 6.49. The Labute approximate surface area is 181 Å². The van der Waals surface area contributed by atoms with Gasteiger partial charge in [-0.1, -0.05) is 24.3 Å². The van der Waals surface area contributed by atoms with Crippen LogP contribution in [-0.2, 0) is 6.54 Å². The van der Waals surface area contributed by atoms with Crippen molar-refractivity contribution in [1.29, 1.82) is 0 Å². The van der Waals surface area contributed by atoms with E-state index in [0.29, 0.717) is 6.04 Å². The van der Waals surface area contributed by atoms with Crippen molar-refractivity contribution in [3.05, 3.63) is 82.7 Å². The first-order valence-electron chi connectivity index (χ1n) is 11.1. The molecule has 3 nitrogen and oxygen atoms in total. The SMILES string of the molecule is Cc1cccc(N(Cc2cncc(-c3cc(C)c(C)c(C)c3)c2)C2CCNCC2)c1. The average molecular weight is 400 g/mol. The van der Waals surface area contributed by atoms with Gasteiger partial charge in [0.15, 0.2) is 0 Å². The standard InChI is InChI=1S/C27H33N3/c1-19-6-5-7-27(12-19)30(26-8-10-28-11-9-26)18-23-15-25(17-29-16-23)24-13-20(2)22(4)21(3)14-24/h5-7,12-17,26,28H,8-11,18H2,1-4H3. The lowest BCUT2D eigenvalue weighted by Crippen LogP contribution is -2.43. The van der Waals surface area contributed by atoms with Crippen LogP contribution in [0.15, 0.2) is 54.9 Å². The minimum Gasteiger partial charge on any atom is -0.364 e. The molecule has 0 radical (unpaired) electrons. The van der Waals surface area contributed by atoms with Crippen molar-refractivity contribution in [1.82, 2.24) is 10.3 Å². The van der Waals surface area contributed by atoms with Gasteiger partial charge in [-0.2, -0.15) is 0 Å². The third kappa shape index (κ3) is 4.57. The molecule has 3 heteroatoms. The highest BCUT2D eigenvalue weighted by atomic mass is 15.2. The molecule has 0 aliphatic carbocycles. The van der Waals surface area contributed by atoms with Crippen LogP contribution in [0.25, 0.3) is 11.1 Å². The lowest BCUT2D eigenvalue weighted by atomic mass is 9.96. The number of aryl methyl sites for hydroxylation is 3. The molecule has 2 heterocycles. The van der Waals surface area contributed by atoms with Crippen LogP contribution in [0, 0.1) is 27.7 Å². The third-order valence-electron chi connectivity index (χ3n) is 6.49. The molecule has 0 bridgehead atoms. The summed E-state index contributed by atoms with van der Waals surface area (Å²) in [7, 11) is 0. The van der Waals surface area contributed by atoms with Crippen molar-refractivity contribution in [3.63, 3.8) is 0 Å². The molecule has 4 rings (SSSR count). The van der Waals surface area contributed by atoms with Gasteiger partial charge in [0.05, 0.1) is 0 Å². The van der Waals surface area contributed by atoms with Gasteiger partial charge in [-0.3, -0.25) is 4.98 Å². The normalized spacial score (nSPS) is 14.7. The highest BCUT2D eigenvalue weighted by Crippen LogP contribution is 2.28. The average Bonchev–Trinajstić information content (AvgIpc) is 2.76. The van der Waals surface area contributed by atoms with E-state index in [1.807, 2.05) is 12.4 Å². The fourth-order valence-electron chi connectivity index (χ4n) is 4.49. The van der Waals surface area contributed by atoms with Gasteiger partial charge in [0, 0.05) is 36.2 Å². The van der Waals surface area contributed by atoms with E-state index in [1.54, 1.807) is 0 Å². The van der Waals surface area contributed by atoms with Crippen LogP contribution in [0.4, 0.5) is 5.69 Å². The fourth-order valence-corrected chi connectivity index (χ4v) is 4.49. The van der Waals surface area contributed by atoms with Gasteiger partial charge in [-0.15, -0.1) is 0 Å². The van der Waals surface area contributed by atoms with E-state index in [0.717, 1.165) is 19.6 Å². The Morgan fingerprint density at radius 2 is 1.63 bits per heavy atom. The Balaban J connectivity index is 1.66. The summed E-state index contributed by atoms with van der Waals surface area (Å²) in [5, 5.41) is 3.50. The molecule has 0 atom stereocenters. The second-order valence-electron chi connectivity index (χ2n) is 8.76. The maximum atomic E-state index is 4.61. The number of hydrogen-bond acceptors (Lipinski definition) is 3. The van der Waals surface area contributed by atoms with E-state index < -0.39 is 0 Å². The molecule has 0 amide bonds. The zero-order valence-corrected chi connectivity index (χ0v) is 18.7. The van der Waals surface area contributed by atoms with Gasteiger partial charge >= 0.3 is 0 Å². The summed E-state index contributed by atoms with van der Waals surface area (Å²) in [6, 6.07) is 16.4. The van der Waals surface area contributed by atoms with E-state index in [2.05, 4.69) is 85.4 Å². The predicted octanol–water partition coefficient (Wildman–Crippen LogP) is 5.74. The number of rotatable bonds is 5. The maximum absolute atomic E-state index is 4.61. The second-order valence-corrected chi connectivity index (χ2v) is 8.76. The molecule has 1 N–H and O–H groups in total. The van der Waals surface area contributed by atoms with Gasteiger partial charge < -0.3 is 10.2 Å². The Hall–Kier alpha value is -2.65. The number of nitrogens with zero attached hydrogens (tertiary/aromatic N) is 2. The number of anilines is 1. The minimum atomic E-state index is 0.556. The molecule has 3 aromatic rings. The lowest BCUT2D eigenvalue weighted by molar-refractivity contribution is 0.428. The number of benzene rings is 2. The number of nitrogens with one attached hydrogen (secondary N) is 1. The topological polar surface area (TPSA) is 28.2 Å². The lowest BCUT2D eigenvalue weighted by Gasteiger charge is -2.36. The molecular weight excluding hydrogens is 366 g/mol. The molecule has 30 heavy (non-hydrogen) atoms. The second kappa shape index (κ2) is 9.01. The first-order chi connectivity index (χ1) is 14.5. The Morgan fingerprint density at radius 3 is 2.33 bits per heavy atom. The van der Waals surface area contributed by atoms with E-state index >= 15 is 0 Å². The quantitative estimate of drug-likeness (QED) is 0.593. The van der Waals surface area contributed by atoms with Crippen molar-refractivity contribution < 1.29 is 0 Å². The van der Waals surface area contributed by atoms with Gasteiger partial charge in [-0.05, 0) is 105 Å². The molecule has 1 aromatic heterocycles. The zero-order valence-electron chi connectivity index (χ0n) is 18.7. The first-order valence-corrected chi connectivity index (χ1v) is 11.1. The molecular formula is C27H33N3. The van der Waals surface area contributed by atoms with E-state index in [9.17, 15) is 0 Å². The fraction of sp³-hybridized carbons (Fsp3) is 0.370. The van der Waals surface area contributed by atoms with Crippen molar-refractivity contribution in [3.8, 4) is 11.1 Å². The van der Waals surface area contributed by atoms with Gasteiger partial charge in [-0.25, -0.2) is 0 Å². The summed E-state index contributed by atoms with van der Waals surface area (Å²) in [6.45, 7) is 11.8. The van der Waals surface area contributed by atoms with Crippen molar-refractivity contribution >= 4 is 5.69 Å². The molecule has 0 spiro atoms. The molecule has 156 valence electrons. The first kappa shape index (κ1) is 20.6.